The third-order valence-electron chi connectivity index (χ3n) is 4.85. The summed E-state index contributed by atoms with van der Waals surface area (Å²) in [6, 6.07) is 9.13. The average Bonchev–Trinajstić information content (AvgIpc) is 3.14. The van der Waals surface area contributed by atoms with Crippen molar-refractivity contribution in [2.45, 2.75) is 11.1 Å². The lowest BCUT2D eigenvalue weighted by molar-refractivity contribution is -0.222. The Morgan fingerprint density at radius 1 is 1.18 bits per heavy atom. The minimum atomic E-state index is -5.36. The van der Waals surface area contributed by atoms with Crippen LogP contribution in [0.1, 0.15) is 5.69 Å². The number of hydrogen-bond acceptors (Lipinski definition) is 6. The predicted molar refractivity (Wildman–Crippen MR) is 114 cm³/mol. The van der Waals surface area contributed by atoms with E-state index in [9.17, 15) is 26.4 Å². The van der Waals surface area contributed by atoms with Gasteiger partial charge in [0.15, 0.2) is 0 Å². The topological polar surface area (TPSA) is 118 Å². The van der Waals surface area contributed by atoms with E-state index in [-0.39, 0.29) is 15.9 Å². The molecule has 8 nitrogen and oxygen atoms in total. The third kappa shape index (κ3) is 4.40. The lowest BCUT2D eigenvalue weighted by Gasteiger charge is -2.21. The Morgan fingerprint density at radius 2 is 1.88 bits per heavy atom. The number of H-pyrrole nitrogens is 1. The first-order valence-electron chi connectivity index (χ1n) is 9.60. The molecule has 0 atom stereocenters. The van der Waals surface area contributed by atoms with Gasteiger partial charge in [0, 0.05) is 23.8 Å². The van der Waals surface area contributed by atoms with Crippen LogP contribution in [0.2, 0.25) is 0 Å². The van der Waals surface area contributed by atoms with E-state index in [1.807, 2.05) is 24.3 Å². The van der Waals surface area contributed by atoms with Crippen molar-refractivity contribution in [1.82, 2.24) is 14.4 Å². The minimum Gasteiger partial charge on any atom is -0.345 e. The second kappa shape index (κ2) is 8.46. The molecule has 1 aromatic carbocycles. The first-order valence-corrected chi connectivity index (χ1v) is 11.0. The standard InChI is InChI=1S/C21H17F3N4O4S/c22-21(23,24)20(29)32-28(11-9-25)33(30,31)15-6-4-13(5-7-15)16-8-10-26-19-17(16)12-18(27-19)14-2-1-3-14/h1-8,10,12H,9,11,25H2,(H,26,27). The van der Waals surface area contributed by atoms with Crippen LogP contribution in [-0.4, -0.2) is 48.1 Å². The van der Waals surface area contributed by atoms with Gasteiger partial charge in [-0.1, -0.05) is 30.4 Å². The summed E-state index contributed by atoms with van der Waals surface area (Å²) in [5.74, 6) is -2.66. The zero-order chi connectivity index (χ0) is 23.8. The van der Waals surface area contributed by atoms with E-state index < -0.39 is 28.7 Å². The number of hydroxylamine groups is 1. The normalized spacial score (nSPS) is 13.8. The number of aromatic amines is 1. The van der Waals surface area contributed by atoms with Crippen molar-refractivity contribution in [3.63, 3.8) is 0 Å². The molecule has 4 rings (SSSR count). The van der Waals surface area contributed by atoms with E-state index in [2.05, 4.69) is 14.8 Å². The number of nitrogens with one attached hydrogen (secondary N) is 1. The van der Waals surface area contributed by atoms with Crippen LogP contribution in [0.5, 0.6) is 0 Å². The highest BCUT2D eigenvalue weighted by Gasteiger charge is 2.44. The summed E-state index contributed by atoms with van der Waals surface area (Å²) < 4.78 is 63.1. The van der Waals surface area contributed by atoms with Gasteiger partial charge in [0.05, 0.1) is 11.4 Å². The molecule has 33 heavy (non-hydrogen) atoms. The number of benzene rings is 1. The van der Waals surface area contributed by atoms with Gasteiger partial charge in [-0.15, -0.1) is 0 Å². The summed E-state index contributed by atoms with van der Waals surface area (Å²) in [7, 11) is -4.59. The van der Waals surface area contributed by atoms with Crippen LogP contribution in [0.15, 0.2) is 65.7 Å². The van der Waals surface area contributed by atoms with Crippen molar-refractivity contribution in [1.29, 1.82) is 0 Å². The molecule has 0 radical (unpaired) electrons. The van der Waals surface area contributed by atoms with Crippen LogP contribution in [0.25, 0.3) is 27.7 Å². The number of nitrogens with zero attached hydrogens (tertiary/aromatic N) is 2. The predicted octanol–water partition coefficient (Wildman–Crippen LogP) is 3.15. The Kier molecular flexibility index (Phi) is 5.82. The maximum absolute atomic E-state index is 12.8. The summed E-state index contributed by atoms with van der Waals surface area (Å²) in [5, 5.41) is 0.813. The van der Waals surface area contributed by atoms with Crippen molar-refractivity contribution in [2.24, 2.45) is 5.73 Å². The third-order valence-corrected chi connectivity index (χ3v) is 6.51. The van der Waals surface area contributed by atoms with Crippen LogP contribution >= 0.6 is 0 Å². The quantitative estimate of drug-likeness (QED) is 0.504. The van der Waals surface area contributed by atoms with Crippen molar-refractivity contribution < 1.29 is 31.2 Å². The Bertz CT molecular complexity index is 1380. The zero-order valence-electron chi connectivity index (χ0n) is 16.8. The fourth-order valence-corrected chi connectivity index (χ4v) is 4.42. The molecule has 3 N–H and O–H groups in total. The summed E-state index contributed by atoms with van der Waals surface area (Å²) in [4.78, 5) is 22.4. The van der Waals surface area contributed by atoms with Gasteiger partial charge in [0.25, 0.3) is 10.0 Å². The number of alkyl halides is 3. The Morgan fingerprint density at radius 3 is 2.45 bits per heavy atom. The molecular formula is C21H17F3N4O4S. The van der Waals surface area contributed by atoms with Crippen LogP contribution in [0, 0.1) is 0 Å². The second-order valence-electron chi connectivity index (χ2n) is 7.01. The smallest absolute Gasteiger partial charge is 0.345 e. The minimum absolute atomic E-state index is 0.0548. The second-order valence-corrected chi connectivity index (χ2v) is 8.83. The molecule has 3 aromatic rings. The van der Waals surface area contributed by atoms with Gasteiger partial charge >= 0.3 is 12.1 Å². The molecule has 1 aliphatic carbocycles. The summed E-state index contributed by atoms with van der Waals surface area (Å²) in [5.41, 5.74) is 9.27. The highest BCUT2D eigenvalue weighted by molar-refractivity contribution is 7.89. The van der Waals surface area contributed by atoms with E-state index in [4.69, 9.17) is 5.73 Å². The van der Waals surface area contributed by atoms with Crippen molar-refractivity contribution in [3.05, 3.63) is 66.5 Å². The van der Waals surface area contributed by atoms with Crippen LogP contribution in [-0.2, 0) is 19.7 Å². The number of carbonyl (C=O) groups is 1. The molecule has 0 unspecified atom stereocenters. The fraction of sp³-hybridized carbons (Fsp3) is 0.143. The molecule has 0 saturated heterocycles. The largest absolute Gasteiger partial charge is 0.492 e. The van der Waals surface area contributed by atoms with E-state index >= 15 is 0 Å². The van der Waals surface area contributed by atoms with Gasteiger partial charge in [-0.3, -0.25) is 0 Å². The van der Waals surface area contributed by atoms with E-state index in [1.165, 1.54) is 24.3 Å². The summed E-state index contributed by atoms with van der Waals surface area (Å²) in [6.45, 7) is -1.01. The Labute approximate surface area is 186 Å². The van der Waals surface area contributed by atoms with Gasteiger partial charge in [-0.05, 0) is 45.4 Å². The Hall–Kier alpha value is -3.48. The Balaban J connectivity index is 1.65. The lowest BCUT2D eigenvalue weighted by Crippen LogP contribution is -2.41. The number of pyridine rings is 1. The average molecular weight is 478 g/mol. The molecule has 12 heteroatoms. The first kappa shape index (κ1) is 22.7. The molecule has 1 aliphatic rings. The van der Waals surface area contributed by atoms with E-state index in [0.717, 1.165) is 22.2 Å². The number of nitrogens with two attached hydrogens (primary N) is 1. The molecule has 2 heterocycles. The molecule has 0 spiro atoms. The number of carbonyl (C=O) groups excluding carboxylic acids is 1. The van der Waals surface area contributed by atoms with Crippen LogP contribution < -0.4 is 5.73 Å². The number of rotatable bonds is 7. The molecule has 0 amide bonds. The zero-order valence-corrected chi connectivity index (χ0v) is 17.7. The molecular weight excluding hydrogens is 461 g/mol. The number of fused-ring (bicyclic) bond motifs is 1. The molecule has 0 fully saturated rings. The highest BCUT2D eigenvalue weighted by atomic mass is 32.2. The van der Waals surface area contributed by atoms with Gasteiger partial charge in [0.2, 0.25) is 0 Å². The molecule has 0 saturated carbocycles. The molecule has 172 valence electrons. The van der Waals surface area contributed by atoms with Crippen molar-refractivity contribution >= 4 is 32.6 Å². The molecule has 2 aromatic heterocycles. The van der Waals surface area contributed by atoms with Gasteiger partial charge in [-0.2, -0.15) is 13.2 Å². The number of aromatic nitrogens is 2. The number of allylic oxidation sites excluding steroid dienone is 4. The summed E-state index contributed by atoms with van der Waals surface area (Å²) >= 11 is 0. The van der Waals surface area contributed by atoms with E-state index in [1.54, 1.807) is 12.3 Å². The van der Waals surface area contributed by atoms with E-state index in [0.29, 0.717) is 11.2 Å². The number of halogens is 3. The SMILES string of the molecule is NCCN(OC(=O)C(F)(F)F)S(=O)(=O)c1ccc(-c2ccnc3[nH]c(C4=CC=C4)cc23)cc1. The maximum atomic E-state index is 12.8. The number of hydrogen-bond donors (Lipinski definition) is 2. The van der Waals surface area contributed by atoms with Gasteiger partial charge in [0.1, 0.15) is 5.65 Å². The fourth-order valence-electron chi connectivity index (χ4n) is 3.19. The maximum Gasteiger partial charge on any atom is 0.492 e. The van der Waals surface area contributed by atoms with Gasteiger partial charge < -0.3 is 15.6 Å². The highest BCUT2D eigenvalue weighted by Crippen LogP contribution is 2.32. The molecule has 0 bridgehead atoms. The van der Waals surface area contributed by atoms with Crippen molar-refractivity contribution in [3.8, 4) is 11.1 Å². The lowest BCUT2D eigenvalue weighted by atomic mass is 10.0. The van der Waals surface area contributed by atoms with Crippen molar-refractivity contribution in [2.75, 3.05) is 13.1 Å². The first-order chi connectivity index (χ1) is 15.6. The summed E-state index contributed by atoms with van der Waals surface area (Å²) in [6.07, 6.45) is 2.05. The van der Waals surface area contributed by atoms with Gasteiger partial charge in [-0.25, -0.2) is 18.2 Å². The van der Waals surface area contributed by atoms with Crippen LogP contribution in [0.4, 0.5) is 13.2 Å². The van der Waals surface area contributed by atoms with Crippen LogP contribution in [0.3, 0.4) is 0 Å². The number of sulfonamides is 1. The monoisotopic (exact) mass is 478 g/mol. The molecule has 0 aliphatic heterocycles.